The van der Waals surface area contributed by atoms with Gasteiger partial charge in [-0.05, 0) is 0 Å². The fraction of sp³-hybridized carbons (Fsp3) is 0. The van der Waals surface area contributed by atoms with Crippen LogP contribution in [0.5, 0.6) is 0 Å². The minimum atomic E-state index is -1.34. The Balaban J connectivity index is 3.43. The standard InChI is InChI=1S/C5H4ClN3O3/c6-2-4(10)9-3(7)1(8-2)5(11)12/h(H,11,12)(H3,7,9,10). The number of hydrogen-bond donors (Lipinski definition) is 3. The Morgan fingerprint density at radius 3 is 2.75 bits per heavy atom. The van der Waals surface area contributed by atoms with Crippen molar-refractivity contribution in [1.82, 2.24) is 9.97 Å². The molecule has 0 aliphatic heterocycles. The fourth-order valence-corrected chi connectivity index (χ4v) is 0.737. The summed E-state index contributed by atoms with van der Waals surface area (Å²) in [6.45, 7) is 0. The van der Waals surface area contributed by atoms with E-state index in [1.165, 1.54) is 0 Å². The van der Waals surface area contributed by atoms with Crippen molar-refractivity contribution in [3.8, 4) is 0 Å². The van der Waals surface area contributed by atoms with Crippen LogP contribution in [0, 0.1) is 0 Å². The number of anilines is 1. The summed E-state index contributed by atoms with van der Waals surface area (Å²) < 4.78 is 0. The van der Waals surface area contributed by atoms with E-state index in [0.29, 0.717) is 0 Å². The monoisotopic (exact) mass is 189 g/mol. The minimum Gasteiger partial charge on any atom is -0.476 e. The third-order valence-corrected chi connectivity index (χ3v) is 1.36. The van der Waals surface area contributed by atoms with Gasteiger partial charge in [0.25, 0.3) is 5.56 Å². The highest BCUT2D eigenvalue weighted by molar-refractivity contribution is 6.29. The van der Waals surface area contributed by atoms with Crippen LogP contribution < -0.4 is 11.3 Å². The zero-order valence-electron chi connectivity index (χ0n) is 5.67. The van der Waals surface area contributed by atoms with E-state index < -0.39 is 22.4 Å². The van der Waals surface area contributed by atoms with Gasteiger partial charge >= 0.3 is 5.97 Å². The van der Waals surface area contributed by atoms with Gasteiger partial charge < -0.3 is 15.8 Å². The Morgan fingerprint density at radius 2 is 2.25 bits per heavy atom. The lowest BCUT2D eigenvalue weighted by molar-refractivity contribution is 0.0691. The first-order chi connectivity index (χ1) is 5.52. The van der Waals surface area contributed by atoms with Crippen LogP contribution in [0.3, 0.4) is 0 Å². The van der Waals surface area contributed by atoms with Crippen molar-refractivity contribution in [2.75, 3.05) is 5.73 Å². The van der Waals surface area contributed by atoms with Gasteiger partial charge in [-0.3, -0.25) is 4.79 Å². The van der Waals surface area contributed by atoms with Crippen LogP contribution in [-0.2, 0) is 0 Å². The van der Waals surface area contributed by atoms with Gasteiger partial charge in [-0.15, -0.1) is 0 Å². The van der Waals surface area contributed by atoms with Crippen molar-refractivity contribution in [3.05, 3.63) is 21.2 Å². The minimum absolute atomic E-state index is 0.308. The van der Waals surface area contributed by atoms with Gasteiger partial charge in [0, 0.05) is 0 Å². The molecule has 0 fully saturated rings. The number of rotatable bonds is 1. The van der Waals surface area contributed by atoms with E-state index in [-0.39, 0.29) is 5.82 Å². The number of aromatic amines is 1. The summed E-state index contributed by atoms with van der Waals surface area (Å²) in [5.41, 5.74) is 3.97. The second kappa shape index (κ2) is 2.82. The second-order valence-corrected chi connectivity index (χ2v) is 2.28. The molecule has 1 rings (SSSR count). The van der Waals surface area contributed by atoms with E-state index in [2.05, 4.69) is 4.98 Å². The maximum atomic E-state index is 10.7. The van der Waals surface area contributed by atoms with Crippen LogP contribution >= 0.6 is 11.6 Å². The number of carbonyl (C=O) groups is 1. The molecule has 0 unspecified atom stereocenters. The van der Waals surface area contributed by atoms with E-state index in [9.17, 15) is 9.59 Å². The molecular weight excluding hydrogens is 186 g/mol. The first-order valence-electron chi connectivity index (χ1n) is 2.81. The molecule has 0 aliphatic rings. The predicted molar refractivity (Wildman–Crippen MR) is 41.2 cm³/mol. The molecule has 64 valence electrons. The third-order valence-electron chi connectivity index (χ3n) is 1.10. The number of nitrogens with zero attached hydrogens (tertiary/aromatic N) is 1. The maximum absolute atomic E-state index is 10.7. The number of nitrogens with one attached hydrogen (secondary N) is 1. The quantitative estimate of drug-likeness (QED) is 0.562. The Morgan fingerprint density at radius 1 is 1.67 bits per heavy atom. The molecule has 0 bridgehead atoms. The molecule has 0 saturated heterocycles. The lowest BCUT2D eigenvalue weighted by atomic mass is 10.4. The average Bonchev–Trinajstić information content (AvgIpc) is 1.96. The summed E-state index contributed by atoms with van der Waals surface area (Å²) in [5, 5.41) is 8.01. The molecule has 0 atom stereocenters. The largest absolute Gasteiger partial charge is 0.476 e. The number of nitrogens with two attached hydrogens (primary N) is 1. The molecule has 1 aromatic rings. The molecule has 6 nitrogen and oxygen atoms in total. The van der Waals surface area contributed by atoms with Gasteiger partial charge in [0.05, 0.1) is 0 Å². The smallest absolute Gasteiger partial charge is 0.358 e. The molecule has 7 heteroatoms. The van der Waals surface area contributed by atoms with Crippen molar-refractivity contribution in [3.63, 3.8) is 0 Å². The molecule has 0 aliphatic carbocycles. The third kappa shape index (κ3) is 1.37. The van der Waals surface area contributed by atoms with Crippen LogP contribution in [-0.4, -0.2) is 21.0 Å². The molecule has 0 spiro atoms. The van der Waals surface area contributed by atoms with E-state index in [4.69, 9.17) is 22.4 Å². The van der Waals surface area contributed by atoms with E-state index in [1.54, 1.807) is 0 Å². The van der Waals surface area contributed by atoms with Crippen molar-refractivity contribution in [2.45, 2.75) is 0 Å². The van der Waals surface area contributed by atoms with Crippen molar-refractivity contribution in [2.24, 2.45) is 0 Å². The maximum Gasteiger partial charge on any atom is 0.358 e. The lowest BCUT2D eigenvalue weighted by Crippen LogP contribution is -2.17. The molecule has 4 N–H and O–H groups in total. The van der Waals surface area contributed by atoms with Crippen molar-refractivity contribution in [1.29, 1.82) is 0 Å². The Kier molecular flexibility index (Phi) is 2.01. The number of halogens is 1. The van der Waals surface area contributed by atoms with E-state index in [0.717, 1.165) is 0 Å². The van der Waals surface area contributed by atoms with Crippen LogP contribution in [0.25, 0.3) is 0 Å². The van der Waals surface area contributed by atoms with Gasteiger partial charge in [-0.2, -0.15) is 0 Å². The first kappa shape index (κ1) is 8.54. The van der Waals surface area contributed by atoms with E-state index in [1.807, 2.05) is 4.98 Å². The highest BCUT2D eigenvalue weighted by Crippen LogP contribution is 2.04. The number of hydrogen-bond acceptors (Lipinski definition) is 4. The van der Waals surface area contributed by atoms with Gasteiger partial charge in [0.15, 0.2) is 10.8 Å². The Hall–Kier alpha value is -1.56. The highest BCUT2D eigenvalue weighted by atomic mass is 35.5. The summed E-state index contributed by atoms with van der Waals surface area (Å²) in [6, 6.07) is 0. The molecule has 1 heterocycles. The molecule has 1 aromatic heterocycles. The van der Waals surface area contributed by atoms with Gasteiger partial charge in [0.2, 0.25) is 0 Å². The Bertz CT molecular complexity index is 386. The summed E-state index contributed by atoms with van der Waals surface area (Å²) >= 11 is 5.26. The zero-order chi connectivity index (χ0) is 9.30. The summed E-state index contributed by atoms with van der Waals surface area (Å²) in [7, 11) is 0. The van der Waals surface area contributed by atoms with Crippen LogP contribution in [0.1, 0.15) is 10.5 Å². The first-order valence-corrected chi connectivity index (χ1v) is 3.18. The number of aromatic carboxylic acids is 1. The molecule has 0 radical (unpaired) electrons. The predicted octanol–water partition coefficient (Wildman–Crippen LogP) is -0.296. The molecular formula is C5H4ClN3O3. The Labute approximate surface area is 71.0 Å². The topological polar surface area (TPSA) is 109 Å². The lowest BCUT2D eigenvalue weighted by Gasteiger charge is -1.97. The van der Waals surface area contributed by atoms with Gasteiger partial charge in [0.1, 0.15) is 5.82 Å². The number of carboxylic acid groups (broad SMARTS) is 1. The van der Waals surface area contributed by atoms with Crippen molar-refractivity contribution >= 4 is 23.4 Å². The van der Waals surface area contributed by atoms with Gasteiger partial charge in [-0.1, -0.05) is 11.6 Å². The molecule has 0 amide bonds. The highest BCUT2D eigenvalue weighted by Gasteiger charge is 2.12. The fourth-order valence-electron chi connectivity index (χ4n) is 0.605. The average molecular weight is 190 g/mol. The number of H-pyrrole nitrogens is 1. The van der Waals surface area contributed by atoms with Crippen molar-refractivity contribution < 1.29 is 9.90 Å². The summed E-state index contributed by atoms with van der Waals surface area (Å²) in [4.78, 5) is 26.4. The molecule has 12 heavy (non-hydrogen) atoms. The van der Waals surface area contributed by atoms with Crippen LogP contribution in [0.15, 0.2) is 4.79 Å². The zero-order valence-corrected chi connectivity index (χ0v) is 6.42. The molecule has 0 saturated carbocycles. The SMILES string of the molecule is Nc1[nH]c(=O)c(Cl)nc1C(=O)O. The summed E-state index contributed by atoms with van der Waals surface area (Å²) in [5.74, 6) is -1.65. The summed E-state index contributed by atoms with van der Waals surface area (Å²) in [6.07, 6.45) is 0. The number of carboxylic acids is 1. The van der Waals surface area contributed by atoms with Gasteiger partial charge in [-0.25, -0.2) is 9.78 Å². The van der Waals surface area contributed by atoms with E-state index >= 15 is 0 Å². The normalized spacial score (nSPS) is 9.75. The van der Waals surface area contributed by atoms with Crippen LogP contribution in [0.4, 0.5) is 5.82 Å². The number of aromatic nitrogens is 2. The second-order valence-electron chi connectivity index (χ2n) is 1.92. The van der Waals surface area contributed by atoms with Crippen LogP contribution in [0.2, 0.25) is 5.15 Å². The molecule has 0 aromatic carbocycles. The number of nitrogen functional groups attached to an aromatic ring is 1.